The zero-order valence-corrected chi connectivity index (χ0v) is 10.2. The van der Waals surface area contributed by atoms with Crippen LogP contribution in [0.2, 0.25) is 0 Å². The van der Waals surface area contributed by atoms with Gasteiger partial charge >= 0.3 is 5.97 Å². The molecule has 0 saturated heterocycles. The number of hydrogen-bond donors (Lipinski definition) is 1. The van der Waals surface area contributed by atoms with E-state index < -0.39 is 0 Å². The SMILES string of the molecule is CC(=O)OCC1C2CC(C(C)=C2C)C1CO. The van der Waals surface area contributed by atoms with Crippen LogP contribution in [0.15, 0.2) is 11.1 Å². The normalized spacial score (nSPS) is 37.0. The lowest BCUT2D eigenvalue weighted by Crippen LogP contribution is -2.30. The second-order valence-electron chi connectivity index (χ2n) is 5.13. The van der Waals surface area contributed by atoms with Crippen LogP contribution in [0.25, 0.3) is 0 Å². The summed E-state index contributed by atoms with van der Waals surface area (Å²) in [6, 6.07) is 0. The van der Waals surface area contributed by atoms with Gasteiger partial charge in [0, 0.05) is 19.4 Å². The Morgan fingerprint density at radius 3 is 2.38 bits per heavy atom. The quantitative estimate of drug-likeness (QED) is 0.587. The topological polar surface area (TPSA) is 46.5 Å². The molecule has 2 bridgehead atoms. The first-order chi connectivity index (χ1) is 7.56. The Labute approximate surface area is 96.5 Å². The summed E-state index contributed by atoms with van der Waals surface area (Å²) < 4.78 is 5.12. The average Bonchev–Trinajstić information content (AvgIpc) is 2.73. The third kappa shape index (κ3) is 1.67. The fourth-order valence-corrected chi connectivity index (χ4v) is 3.52. The second kappa shape index (κ2) is 4.21. The van der Waals surface area contributed by atoms with Crippen molar-refractivity contribution in [3.8, 4) is 0 Å². The molecule has 2 rings (SSSR count). The van der Waals surface area contributed by atoms with Gasteiger partial charge in [0.25, 0.3) is 0 Å². The number of ether oxygens (including phenoxy) is 1. The molecule has 0 spiro atoms. The van der Waals surface area contributed by atoms with Crippen LogP contribution in [-0.4, -0.2) is 24.3 Å². The molecule has 16 heavy (non-hydrogen) atoms. The Kier molecular flexibility index (Phi) is 3.06. The van der Waals surface area contributed by atoms with Crippen molar-refractivity contribution in [3.63, 3.8) is 0 Å². The summed E-state index contributed by atoms with van der Waals surface area (Å²) in [5.41, 5.74) is 2.90. The molecule has 0 aromatic heterocycles. The van der Waals surface area contributed by atoms with Gasteiger partial charge in [0.2, 0.25) is 0 Å². The van der Waals surface area contributed by atoms with Crippen molar-refractivity contribution in [2.45, 2.75) is 27.2 Å². The van der Waals surface area contributed by atoms with Gasteiger partial charge in [-0.2, -0.15) is 0 Å². The van der Waals surface area contributed by atoms with Gasteiger partial charge in [-0.1, -0.05) is 11.1 Å². The van der Waals surface area contributed by atoms with Crippen LogP contribution < -0.4 is 0 Å². The van der Waals surface area contributed by atoms with Crippen LogP contribution in [0.5, 0.6) is 0 Å². The van der Waals surface area contributed by atoms with Gasteiger partial charge in [-0.3, -0.25) is 4.79 Å². The third-order valence-electron chi connectivity index (χ3n) is 4.52. The molecular weight excluding hydrogens is 204 g/mol. The minimum Gasteiger partial charge on any atom is -0.466 e. The zero-order valence-electron chi connectivity index (χ0n) is 10.2. The highest BCUT2D eigenvalue weighted by Crippen LogP contribution is 2.54. The van der Waals surface area contributed by atoms with Crippen molar-refractivity contribution in [2.24, 2.45) is 23.7 Å². The molecule has 2 aliphatic carbocycles. The van der Waals surface area contributed by atoms with Gasteiger partial charge in [-0.15, -0.1) is 0 Å². The van der Waals surface area contributed by atoms with E-state index in [9.17, 15) is 9.90 Å². The first-order valence-electron chi connectivity index (χ1n) is 5.97. The average molecular weight is 224 g/mol. The molecule has 0 radical (unpaired) electrons. The molecule has 3 heteroatoms. The van der Waals surface area contributed by atoms with E-state index in [1.165, 1.54) is 18.1 Å². The van der Waals surface area contributed by atoms with Crippen molar-refractivity contribution >= 4 is 5.97 Å². The maximum Gasteiger partial charge on any atom is 0.302 e. The number of rotatable bonds is 3. The first kappa shape index (κ1) is 11.6. The fraction of sp³-hybridized carbons (Fsp3) is 0.769. The van der Waals surface area contributed by atoms with Crippen LogP contribution in [0, 0.1) is 23.7 Å². The Morgan fingerprint density at radius 1 is 1.31 bits per heavy atom. The molecule has 0 aromatic carbocycles. The molecule has 1 saturated carbocycles. The first-order valence-corrected chi connectivity index (χ1v) is 5.97. The largest absolute Gasteiger partial charge is 0.466 e. The van der Waals surface area contributed by atoms with Crippen LogP contribution in [-0.2, 0) is 9.53 Å². The fourth-order valence-electron chi connectivity index (χ4n) is 3.52. The monoisotopic (exact) mass is 224 g/mol. The number of hydrogen-bond acceptors (Lipinski definition) is 3. The molecule has 0 heterocycles. The molecule has 0 amide bonds. The van der Waals surface area contributed by atoms with Crippen LogP contribution in [0.1, 0.15) is 27.2 Å². The minimum absolute atomic E-state index is 0.206. The lowest BCUT2D eigenvalue weighted by atomic mass is 9.77. The van der Waals surface area contributed by atoms with Gasteiger partial charge in [0.05, 0.1) is 6.61 Å². The predicted molar refractivity (Wildman–Crippen MR) is 60.7 cm³/mol. The summed E-state index contributed by atoms with van der Waals surface area (Å²) in [6.45, 7) is 6.46. The smallest absolute Gasteiger partial charge is 0.302 e. The van der Waals surface area contributed by atoms with Crippen molar-refractivity contribution in [1.29, 1.82) is 0 Å². The molecule has 90 valence electrons. The van der Waals surface area contributed by atoms with Crippen LogP contribution in [0.4, 0.5) is 0 Å². The van der Waals surface area contributed by atoms with E-state index in [-0.39, 0.29) is 18.5 Å². The molecule has 0 aromatic rings. The van der Waals surface area contributed by atoms with Gasteiger partial charge in [-0.05, 0) is 38.0 Å². The van der Waals surface area contributed by atoms with Crippen LogP contribution >= 0.6 is 0 Å². The Hall–Kier alpha value is -0.830. The molecule has 2 aliphatic rings. The lowest BCUT2D eigenvalue weighted by Gasteiger charge is -2.30. The Balaban J connectivity index is 2.11. The van der Waals surface area contributed by atoms with Gasteiger partial charge in [-0.25, -0.2) is 0 Å². The summed E-state index contributed by atoms with van der Waals surface area (Å²) in [6.07, 6.45) is 1.13. The van der Waals surface area contributed by atoms with E-state index in [2.05, 4.69) is 13.8 Å². The summed E-state index contributed by atoms with van der Waals surface area (Å²) in [4.78, 5) is 10.9. The van der Waals surface area contributed by atoms with Crippen molar-refractivity contribution in [2.75, 3.05) is 13.2 Å². The number of aliphatic hydroxyl groups excluding tert-OH is 1. The van der Waals surface area contributed by atoms with E-state index in [1.54, 1.807) is 0 Å². The van der Waals surface area contributed by atoms with Crippen molar-refractivity contribution < 1.29 is 14.6 Å². The molecule has 4 atom stereocenters. The van der Waals surface area contributed by atoms with Gasteiger partial charge in [0.15, 0.2) is 0 Å². The Bertz CT molecular complexity index is 332. The predicted octanol–water partition coefficient (Wildman–Crippen LogP) is 1.76. The number of carbonyl (C=O) groups is 1. The van der Waals surface area contributed by atoms with Crippen molar-refractivity contribution in [1.82, 2.24) is 0 Å². The van der Waals surface area contributed by atoms with E-state index in [0.29, 0.717) is 24.4 Å². The summed E-state index contributed by atoms with van der Waals surface area (Å²) >= 11 is 0. The van der Waals surface area contributed by atoms with Crippen LogP contribution in [0.3, 0.4) is 0 Å². The summed E-state index contributed by atoms with van der Waals surface area (Å²) in [5, 5.41) is 9.46. The maximum atomic E-state index is 10.9. The Morgan fingerprint density at radius 2 is 1.88 bits per heavy atom. The number of allylic oxidation sites excluding steroid dienone is 2. The van der Waals surface area contributed by atoms with Gasteiger partial charge < -0.3 is 9.84 Å². The molecule has 1 fully saturated rings. The van der Waals surface area contributed by atoms with E-state index >= 15 is 0 Å². The summed E-state index contributed by atoms with van der Waals surface area (Å²) in [7, 11) is 0. The third-order valence-corrected chi connectivity index (χ3v) is 4.52. The summed E-state index contributed by atoms with van der Waals surface area (Å²) in [5.74, 6) is 1.41. The number of aliphatic hydroxyl groups is 1. The highest BCUT2D eigenvalue weighted by molar-refractivity contribution is 5.65. The molecular formula is C13H20O3. The second-order valence-corrected chi connectivity index (χ2v) is 5.13. The molecule has 3 nitrogen and oxygen atoms in total. The van der Waals surface area contributed by atoms with E-state index in [1.807, 2.05) is 0 Å². The number of esters is 1. The highest BCUT2D eigenvalue weighted by atomic mass is 16.5. The minimum atomic E-state index is -0.224. The maximum absolute atomic E-state index is 10.9. The highest BCUT2D eigenvalue weighted by Gasteiger charge is 2.49. The standard InChI is InChI=1S/C13H20O3/c1-7-8(2)11-4-10(7)12(5-14)13(11)6-16-9(3)15/h10-14H,4-6H2,1-3H3. The number of fused-ring (bicyclic) bond motifs is 2. The van der Waals surface area contributed by atoms with Crippen molar-refractivity contribution in [3.05, 3.63) is 11.1 Å². The molecule has 1 N–H and O–H groups in total. The molecule has 4 unspecified atom stereocenters. The number of carbonyl (C=O) groups excluding carboxylic acids is 1. The molecule has 0 aliphatic heterocycles. The van der Waals surface area contributed by atoms with Gasteiger partial charge in [0.1, 0.15) is 0 Å². The van der Waals surface area contributed by atoms with E-state index in [4.69, 9.17) is 4.74 Å². The van der Waals surface area contributed by atoms with E-state index in [0.717, 1.165) is 6.42 Å². The zero-order chi connectivity index (χ0) is 11.9. The lowest BCUT2D eigenvalue weighted by molar-refractivity contribution is -0.143.